The van der Waals surface area contributed by atoms with Crippen LogP contribution < -0.4 is 0 Å². The predicted molar refractivity (Wildman–Crippen MR) is 58.2 cm³/mol. The van der Waals surface area contributed by atoms with Crippen LogP contribution in [0.1, 0.15) is 31.9 Å². The molecule has 0 bridgehead atoms. The average molecular weight is 205 g/mol. The van der Waals surface area contributed by atoms with Crippen molar-refractivity contribution in [2.24, 2.45) is 0 Å². The fourth-order valence-electron chi connectivity index (χ4n) is 1.18. The summed E-state index contributed by atoms with van der Waals surface area (Å²) in [6, 6.07) is 3.72. The topological polar surface area (TPSA) is 39.2 Å². The third kappa shape index (κ3) is 3.20. The zero-order valence-corrected chi connectivity index (χ0v) is 9.06. The molecule has 1 rings (SSSR count). The van der Waals surface area contributed by atoms with Crippen molar-refractivity contribution >= 4 is 5.97 Å². The van der Waals surface area contributed by atoms with Crippen molar-refractivity contribution in [1.29, 1.82) is 0 Å². The smallest absolute Gasteiger partial charge is 0.333 e. The van der Waals surface area contributed by atoms with E-state index in [0.29, 0.717) is 5.57 Å². The molecule has 0 aromatic carbocycles. The van der Waals surface area contributed by atoms with Gasteiger partial charge in [0.2, 0.25) is 0 Å². The Labute approximate surface area is 89.8 Å². The highest BCUT2D eigenvalue weighted by Gasteiger charge is 2.14. The van der Waals surface area contributed by atoms with E-state index in [0.717, 1.165) is 12.0 Å². The highest BCUT2D eigenvalue weighted by Crippen LogP contribution is 2.20. The number of hydrogen-bond donors (Lipinski definition) is 0. The van der Waals surface area contributed by atoms with Gasteiger partial charge in [0.15, 0.2) is 0 Å². The number of ether oxygens (including phenoxy) is 1. The summed E-state index contributed by atoms with van der Waals surface area (Å²) in [5, 5.41) is 0. The first-order valence-corrected chi connectivity index (χ1v) is 4.91. The van der Waals surface area contributed by atoms with Crippen LogP contribution in [-0.2, 0) is 9.53 Å². The molecule has 1 aromatic rings. The molecule has 0 aliphatic carbocycles. The van der Waals surface area contributed by atoms with Crippen molar-refractivity contribution in [2.75, 3.05) is 0 Å². The van der Waals surface area contributed by atoms with Crippen LogP contribution in [0.4, 0.5) is 0 Å². The number of hydrogen-bond acceptors (Lipinski definition) is 3. The van der Waals surface area contributed by atoms with E-state index in [4.69, 9.17) is 4.74 Å². The van der Waals surface area contributed by atoms with Gasteiger partial charge in [-0.2, -0.15) is 0 Å². The maximum Gasteiger partial charge on any atom is 0.333 e. The van der Waals surface area contributed by atoms with Crippen LogP contribution in [0.3, 0.4) is 0 Å². The second-order valence-electron chi connectivity index (χ2n) is 3.37. The molecule has 0 saturated carbocycles. The van der Waals surface area contributed by atoms with Gasteiger partial charge in [-0.15, -0.1) is 0 Å². The molecule has 0 N–H and O–H groups in total. The monoisotopic (exact) mass is 205 g/mol. The third-order valence-electron chi connectivity index (χ3n) is 2.02. The molecule has 15 heavy (non-hydrogen) atoms. The Hall–Kier alpha value is -1.64. The van der Waals surface area contributed by atoms with Gasteiger partial charge in [-0.1, -0.05) is 19.6 Å². The number of carbonyl (C=O) groups excluding carboxylic acids is 1. The minimum Gasteiger partial charge on any atom is -0.454 e. The molecular formula is C12H15NO2. The van der Waals surface area contributed by atoms with E-state index in [-0.39, 0.29) is 12.1 Å². The summed E-state index contributed by atoms with van der Waals surface area (Å²) >= 11 is 0. The summed E-state index contributed by atoms with van der Waals surface area (Å²) < 4.78 is 5.27. The van der Waals surface area contributed by atoms with Crippen LogP contribution in [0.15, 0.2) is 36.7 Å². The Balaban J connectivity index is 2.73. The minimum atomic E-state index is -0.356. The first-order chi connectivity index (χ1) is 7.15. The Bertz CT molecular complexity index is 346. The maximum absolute atomic E-state index is 11.3. The highest BCUT2D eigenvalue weighted by molar-refractivity contribution is 5.87. The van der Waals surface area contributed by atoms with E-state index < -0.39 is 0 Å². The lowest BCUT2D eigenvalue weighted by Crippen LogP contribution is -2.11. The van der Waals surface area contributed by atoms with E-state index in [1.807, 2.05) is 19.1 Å². The SMILES string of the molecule is C=C(C)C(=O)OC(CC)c1cccnc1. The number of carbonyl (C=O) groups is 1. The Morgan fingerprint density at radius 1 is 1.67 bits per heavy atom. The van der Waals surface area contributed by atoms with Gasteiger partial charge in [0.1, 0.15) is 6.10 Å². The number of pyridine rings is 1. The van der Waals surface area contributed by atoms with Crippen molar-refractivity contribution in [1.82, 2.24) is 4.98 Å². The average Bonchev–Trinajstić information content (AvgIpc) is 2.26. The second kappa shape index (κ2) is 5.29. The Kier molecular flexibility index (Phi) is 4.03. The zero-order chi connectivity index (χ0) is 11.3. The van der Waals surface area contributed by atoms with Crippen molar-refractivity contribution in [2.45, 2.75) is 26.4 Å². The van der Waals surface area contributed by atoms with Gasteiger partial charge < -0.3 is 4.74 Å². The number of esters is 1. The number of rotatable bonds is 4. The molecule has 1 atom stereocenters. The molecule has 0 aliphatic rings. The largest absolute Gasteiger partial charge is 0.454 e. The first-order valence-electron chi connectivity index (χ1n) is 4.91. The van der Waals surface area contributed by atoms with Crippen LogP contribution in [0.25, 0.3) is 0 Å². The molecule has 1 aromatic heterocycles. The van der Waals surface area contributed by atoms with E-state index in [9.17, 15) is 4.79 Å². The van der Waals surface area contributed by atoms with Gasteiger partial charge >= 0.3 is 5.97 Å². The number of aromatic nitrogens is 1. The summed E-state index contributed by atoms with van der Waals surface area (Å²) in [7, 11) is 0. The fourth-order valence-corrected chi connectivity index (χ4v) is 1.18. The summed E-state index contributed by atoms with van der Waals surface area (Å²) in [5.74, 6) is -0.356. The van der Waals surface area contributed by atoms with Crippen LogP contribution in [0, 0.1) is 0 Å². The summed E-state index contributed by atoms with van der Waals surface area (Å²) in [5.41, 5.74) is 1.33. The normalized spacial score (nSPS) is 11.9. The summed E-state index contributed by atoms with van der Waals surface area (Å²) in [6.45, 7) is 7.14. The maximum atomic E-state index is 11.3. The third-order valence-corrected chi connectivity index (χ3v) is 2.02. The highest BCUT2D eigenvalue weighted by atomic mass is 16.5. The molecular weight excluding hydrogens is 190 g/mol. The molecule has 80 valence electrons. The molecule has 0 radical (unpaired) electrons. The molecule has 0 fully saturated rings. The van der Waals surface area contributed by atoms with Crippen molar-refractivity contribution in [3.8, 4) is 0 Å². The van der Waals surface area contributed by atoms with Gasteiger partial charge in [-0.25, -0.2) is 4.79 Å². The van der Waals surface area contributed by atoms with E-state index in [2.05, 4.69) is 11.6 Å². The lowest BCUT2D eigenvalue weighted by Gasteiger charge is -2.15. The van der Waals surface area contributed by atoms with Crippen LogP contribution in [-0.4, -0.2) is 11.0 Å². The molecule has 0 spiro atoms. The van der Waals surface area contributed by atoms with Gasteiger partial charge in [0, 0.05) is 23.5 Å². The standard InChI is InChI=1S/C12H15NO2/c1-4-11(15-12(14)9(2)3)10-6-5-7-13-8-10/h5-8,11H,2,4H2,1,3H3. The molecule has 3 heteroatoms. The van der Waals surface area contributed by atoms with Crippen molar-refractivity contribution in [3.63, 3.8) is 0 Å². The summed E-state index contributed by atoms with van der Waals surface area (Å²) in [4.78, 5) is 15.3. The minimum absolute atomic E-state index is 0.233. The Morgan fingerprint density at radius 2 is 2.40 bits per heavy atom. The summed E-state index contributed by atoms with van der Waals surface area (Å²) in [6.07, 6.45) is 3.89. The van der Waals surface area contributed by atoms with Crippen LogP contribution >= 0.6 is 0 Å². The molecule has 0 saturated heterocycles. The first kappa shape index (κ1) is 11.4. The second-order valence-corrected chi connectivity index (χ2v) is 3.37. The lowest BCUT2D eigenvalue weighted by molar-refractivity contribution is -0.144. The molecule has 1 unspecified atom stereocenters. The van der Waals surface area contributed by atoms with Crippen LogP contribution in [0.2, 0.25) is 0 Å². The van der Waals surface area contributed by atoms with Gasteiger partial charge in [0.05, 0.1) is 0 Å². The van der Waals surface area contributed by atoms with Gasteiger partial charge in [-0.3, -0.25) is 4.98 Å². The lowest BCUT2D eigenvalue weighted by atomic mass is 10.1. The molecule has 0 amide bonds. The van der Waals surface area contributed by atoms with Crippen LogP contribution in [0.5, 0.6) is 0 Å². The molecule has 1 heterocycles. The van der Waals surface area contributed by atoms with Crippen molar-refractivity contribution < 1.29 is 9.53 Å². The Morgan fingerprint density at radius 3 is 2.87 bits per heavy atom. The van der Waals surface area contributed by atoms with Gasteiger partial charge in [-0.05, 0) is 19.4 Å². The molecule has 0 aliphatic heterocycles. The fraction of sp³-hybridized carbons (Fsp3) is 0.333. The predicted octanol–water partition coefficient (Wildman–Crippen LogP) is 2.65. The molecule has 3 nitrogen and oxygen atoms in total. The quantitative estimate of drug-likeness (QED) is 0.560. The van der Waals surface area contributed by atoms with E-state index in [1.165, 1.54) is 0 Å². The van der Waals surface area contributed by atoms with E-state index in [1.54, 1.807) is 19.3 Å². The zero-order valence-electron chi connectivity index (χ0n) is 9.06. The van der Waals surface area contributed by atoms with Crippen molar-refractivity contribution in [3.05, 3.63) is 42.2 Å². The van der Waals surface area contributed by atoms with Gasteiger partial charge in [0.25, 0.3) is 0 Å². The van der Waals surface area contributed by atoms with E-state index >= 15 is 0 Å². The number of nitrogens with zero attached hydrogens (tertiary/aromatic N) is 1.